The van der Waals surface area contributed by atoms with Crippen LogP contribution >= 0.6 is 23.1 Å². The van der Waals surface area contributed by atoms with E-state index in [-0.39, 0.29) is 6.03 Å². The molecule has 1 aromatic heterocycles. The lowest BCUT2D eigenvalue weighted by atomic mass is 10.8. The van der Waals surface area contributed by atoms with Crippen LogP contribution < -0.4 is 5.32 Å². The molecule has 5 nitrogen and oxygen atoms in total. The number of nitrogens with one attached hydrogen (secondary N) is 1. The van der Waals surface area contributed by atoms with Gasteiger partial charge in [0.05, 0.1) is 0 Å². The Balaban J connectivity index is 2.55. The molecule has 0 saturated heterocycles. The molecule has 14 heavy (non-hydrogen) atoms. The first kappa shape index (κ1) is 11.3. The van der Waals surface area contributed by atoms with E-state index in [1.54, 1.807) is 25.9 Å². The second-order valence-electron chi connectivity index (χ2n) is 2.63. The molecule has 1 aromatic rings. The van der Waals surface area contributed by atoms with Gasteiger partial charge in [-0.05, 0) is 5.75 Å². The van der Waals surface area contributed by atoms with Crippen molar-refractivity contribution in [2.75, 3.05) is 25.2 Å². The van der Waals surface area contributed by atoms with Crippen molar-refractivity contribution in [2.24, 2.45) is 0 Å². The molecule has 7 heteroatoms. The Morgan fingerprint density at radius 1 is 1.57 bits per heavy atom. The third-order valence-electron chi connectivity index (χ3n) is 1.29. The fourth-order valence-corrected chi connectivity index (χ4v) is 2.28. The van der Waals surface area contributed by atoms with Crippen molar-refractivity contribution >= 4 is 34.3 Å². The average Bonchev–Trinajstić information content (AvgIpc) is 2.53. The molecule has 0 spiro atoms. The highest BCUT2D eigenvalue weighted by Gasteiger charge is 2.08. The highest BCUT2D eigenvalue weighted by atomic mass is 32.2. The number of hydrogen-bond acceptors (Lipinski definition) is 5. The van der Waals surface area contributed by atoms with Gasteiger partial charge >= 0.3 is 6.03 Å². The number of carbonyl (C=O) groups excluding carboxylic acids is 1. The van der Waals surface area contributed by atoms with Crippen molar-refractivity contribution in [3.63, 3.8) is 0 Å². The zero-order valence-electron chi connectivity index (χ0n) is 8.27. The van der Waals surface area contributed by atoms with E-state index < -0.39 is 0 Å². The average molecular weight is 232 g/mol. The Labute approximate surface area is 90.9 Å². The maximum Gasteiger partial charge on any atom is 0.323 e. The van der Waals surface area contributed by atoms with Crippen molar-refractivity contribution in [3.8, 4) is 0 Å². The Kier molecular flexibility index (Phi) is 4.15. The van der Waals surface area contributed by atoms with Gasteiger partial charge in [0, 0.05) is 14.1 Å². The number of urea groups is 1. The van der Waals surface area contributed by atoms with Crippen LogP contribution in [0.1, 0.15) is 6.92 Å². The molecule has 0 fully saturated rings. The van der Waals surface area contributed by atoms with Crippen molar-refractivity contribution in [2.45, 2.75) is 11.3 Å². The van der Waals surface area contributed by atoms with Crippen LogP contribution in [0.2, 0.25) is 0 Å². The molecule has 1 rings (SSSR count). The highest BCUT2D eigenvalue weighted by molar-refractivity contribution is 8.01. The largest absolute Gasteiger partial charge is 0.331 e. The SMILES string of the molecule is CCSc1nnc(NC(=O)N(C)C)s1. The number of anilines is 1. The van der Waals surface area contributed by atoms with Crippen LogP contribution in [0.15, 0.2) is 4.34 Å². The number of amides is 2. The first-order valence-corrected chi connectivity index (χ1v) is 5.88. The molecule has 0 atom stereocenters. The van der Waals surface area contributed by atoms with Gasteiger partial charge in [-0.2, -0.15) is 0 Å². The van der Waals surface area contributed by atoms with Gasteiger partial charge in [0.2, 0.25) is 5.13 Å². The summed E-state index contributed by atoms with van der Waals surface area (Å²) in [6.45, 7) is 2.05. The number of aromatic nitrogens is 2. The summed E-state index contributed by atoms with van der Waals surface area (Å²) >= 11 is 3.00. The van der Waals surface area contributed by atoms with Crippen LogP contribution in [0.25, 0.3) is 0 Å². The summed E-state index contributed by atoms with van der Waals surface area (Å²) in [5.74, 6) is 0.955. The van der Waals surface area contributed by atoms with E-state index >= 15 is 0 Å². The van der Waals surface area contributed by atoms with E-state index in [1.165, 1.54) is 16.2 Å². The lowest BCUT2D eigenvalue weighted by Gasteiger charge is -2.08. The number of thioether (sulfide) groups is 1. The van der Waals surface area contributed by atoms with Crippen LogP contribution in [-0.4, -0.2) is 41.0 Å². The van der Waals surface area contributed by atoms with E-state index in [0.717, 1.165) is 10.1 Å². The normalized spacial score (nSPS) is 9.93. The molecule has 78 valence electrons. The molecule has 0 radical (unpaired) electrons. The van der Waals surface area contributed by atoms with Crippen molar-refractivity contribution in [3.05, 3.63) is 0 Å². The van der Waals surface area contributed by atoms with E-state index in [4.69, 9.17) is 0 Å². The molecular weight excluding hydrogens is 220 g/mol. The zero-order chi connectivity index (χ0) is 10.6. The molecule has 1 N–H and O–H groups in total. The van der Waals surface area contributed by atoms with Crippen molar-refractivity contribution in [1.29, 1.82) is 0 Å². The predicted octanol–water partition coefficient (Wildman–Crippen LogP) is 1.74. The van der Waals surface area contributed by atoms with Crippen molar-refractivity contribution < 1.29 is 4.79 Å². The molecule has 0 aliphatic carbocycles. The lowest BCUT2D eigenvalue weighted by Crippen LogP contribution is -2.27. The second kappa shape index (κ2) is 5.16. The summed E-state index contributed by atoms with van der Waals surface area (Å²) in [6.07, 6.45) is 0. The highest BCUT2D eigenvalue weighted by Crippen LogP contribution is 2.24. The minimum Gasteiger partial charge on any atom is -0.331 e. The predicted molar refractivity (Wildman–Crippen MR) is 59.0 cm³/mol. The molecule has 2 amide bonds. The fourth-order valence-electron chi connectivity index (χ4n) is 0.645. The van der Waals surface area contributed by atoms with Crippen LogP contribution in [0.3, 0.4) is 0 Å². The first-order valence-electron chi connectivity index (χ1n) is 4.08. The molecular formula is C7H12N4OS2. The van der Waals surface area contributed by atoms with Crippen LogP contribution in [0.5, 0.6) is 0 Å². The lowest BCUT2D eigenvalue weighted by molar-refractivity contribution is 0.230. The fraction of sp³-hybridized carbons (Fsp3) is 0.571. The summed E-state index contributed by atoms with van der Waals surface area (Å²) in [6, 6.07) is -0.186. The van der Waals surface area contributed by atoms with E-state index in [9.17, 15) is 4.79 Å². The first-order chi connectivity index (χ1) is 6.63. The number of hydrogen-bond donors (Lipinski definition) is 1. The van der Waals surface area contributed by atoms with Gasteiger partial charge in [-0.25, -0.2) is 4.79 Å². The zero-order valence-corrected chi connectivity index (χ0v) is 9.91. The third kappa shape index (κ3) is 3.15. The smallest absolute Gasteiger partial charge is 0.323 e. The Morgan fingerprint density at radius 2 is 2.29 bits per heavy atom. The van der Waals surface area contributed by atoms with E-state index in [0.29, 0.717) is 5.13 Å². The van der Waals surface area contributed by atoms with Gasteiger partial charge in [0.25, 0.3) is 0 Å². The van der Waals surface area contributed by atoms with Gasteiger partial charge < -0.3 is 4.90 Å². The summed E-state index contributed by atoms with van der Waals surface area (Å²) in [5, 5.41) is 10.9. The van der Waals surface area contributed by atoms with Crippen LogP contribution in [0.4, 0.5) is 9.93 Å². The summed E-state index contributed by atoms with van der Waals surface area (Å²) < 4.78 is 0.876. The molecule has 0 aliphatic heterocycles. The van der Waals surface area contributed by atoms with E-state index in [2.05, 4.69) is 15.5 Å². The Hall–Kier alpha value is -0.820. The standard InChI is InChI=1S/C7H12N4OS2/c1-4-13-7-10-9-5(14-7)8-6(12)11(2)3/h4H2,1-3H3,(H,8,9,12). The number of nitrogens with zero attached hydrogens (tertiary/aromatic N) is 3. The van der Waals surface area contributed by atoms with Gasteiger partial charge in [0.15, 0.2) is 4.34 Å². The molecule has 0 aromatic carbocycles. The molecule has 0 saturated carbocycles. The quantitative estimate of drug-likeness (QED) is 0.637. The van der Waals surface area contributed by atoms with Crippen LogP contribution in [-0.2, 0) is 0 Å². The van der Waals surface area contributed by atoms with Gasteiger partial charge in [-0.3, -0.25) is 5.32 Å². The number of carbonyl (C=O) groups is 1. The molecule has 0 bridgehead atoms. The monoisotopic (exact) mass is 232 g/mol. The van der Waals surface area contributed by atoms with Gasteiger partial charge in [-0.1, -0.05) is 30.0 Å². The Bertz CT molecular complexity index is 312. The van der Waals surface area contributed by atoms with Gasteiger partial charge in [-0.15, -0.1) is 10.2 Å². The number of rotatable bonds is 3. The molecule has 1 heterocycles. The van der Waals surface area contributed by atoms with Crippen LogP contribution in [0, 0.1) is 0 Å². The van der Waals surface area contributed by atoms with Gasteiger partial charge in [0.1, 0.15) is 0 Å². The third-order valence-corrected chi connectivity index (χ3v) is 3.15. The second-order valence-corrected chi connectivity index (χ2v) is 5.12. The minimum atomic E-state index is -0.186. The maximum atomic E-state index is 11.2. The summed E-state index contributed by atoms with van der Waals surface area (Å²) in [5.41, 5.74) is 0. The summed E-state index contributed by atoms with van der Waals surface area (Å²) in [4.78, 5) is 12.7. The van der Waals surface area contributed by atoms with E-state index in [1.807, 2.05) is 6.92 Å². The Morgan fingerprint density at radius 3 is 2.86 bits per heavy atom. The maximum absolute atomic E-state index is 11.2. The molecule has 0 aliphatic rings. The topological polar surface area (TPSA) is 58.1 Å². The van der Waals surface area contributed by atoms with Crippen molar-refractivity contribution in [1.82, 2.24) is 15.1 Å². The summed E-state index contributed by atoms with van der Waals surface area (Å²) in [7, 11) is 3.36. The molecule has 0 unspecified atom stereocenters. The minimum absolute atomic E-state index is 0.186.